The summed E-state index contributed by atoms with van der Waals surface area (Å²) < 4.78 is 22.6. The van der Waals surface area contributed by atoms with E-state index in [-0.39, 0.29) is 28.9 Å². The van der Waals surface area contributed by atoms with Gasteiger partial charge in [-0.15, -0.1) is 24.0 Å². The van der Waals surface area contributed by atoms with E-state index in [1.54, 1.807) is 12.1 Å². The molecule has 0 aliphatic rings. The zero-order chi connectivity index (χ0) is 20.3. The first kappa shape index (κ1) is 27.1. The van der Waals surface area contributed by atoms with Gasteiger partial charge in [0.05, 0.1) is 17.0 Å². The van der Waals surface area contributed by atoms with E-state index in [9.17, 15) is 13.5 Å². The first-order valence-electron chi connectivity index (χ1n) is 9.60. The third kappa shape index (κ3) is 10.0. The first-order chi connectivity index (χ1) is 12.7. The maximum Gasteiger partial charge on any atom is 0.238 e. The number of nitrogens with zero attached hydrogens (tertiary/aromatic N) is 1. The van der Waals surface area contributed by atoms with Crippen molar-refractivity contribution in [2.24, 2.45) is 10.1 Å². The molecule has 1 rings (SSSR count). The smallest absolute Gasteiger partial charge is 0.238 e. The van der Waals surface area contributed by atoms with Crippen LogP contribution in [0.25, 0.3) is 0 Å². The number of benzene rings is 1. The topological polar surface area (TPSA) is 117 Å². The van der Waals surface area contributed by atoms with Crippen molar-refractivity contribution in [2.45, 2.75) is 63.4 Å². The Morgan fingerprint density at radius 3 is 2.14 bits per heavy atom. The zero-order valence-corrected chi connectivity index (χ0v) is 20.2. The van der Waals surface area contributed by atoms with Crippen molar-refractivity contribution in [2.75, 3.05) is 19.6 Å². The molecule has 0 unspecified atom stereocenters. The second kappa shape index (κ2) is 13.3. The second-order valence-corrected chi connectivity index (χ2v) is 8.35. The van der Waals surface area contributed by atoms with Crippen LogP contribution in [-0.2, 0) is 16.4 Å². The van der Waals surface area contributed by atoms with Crippen LogP contribution in [0.15, 0.2) is 34.2 Å². The van der Waals surface area contributed by atoms with Crippen LogP contribution in [0.1, 0.15) is 52.0 Å². The third-order valence-electron chi connectivity index (χ3n) is 4.26. The summed E-state index contributed by atoms with van der Waals surface area (Å²) in [6.45, 7) is 7.86. The van der Waals surface area contributed by atoms with E-state index in [0.29, 0.717) is 25.5 Å². The SMILES string of the molecule is CCCC(O)(CCC)CN=C(NCC)NCCc1ccc(S(N)(=O)=O)cc1.I. The fourth-order valence-electron chi connectivity index (χ4n) is 2.95. The minimum atomic E-state index is -3.66. The Morgan fingerprint density at radius 1 is 1.11 bits per heavy atom. The van der Waals surface area contributed by atoms with E-state index in [1.807, 2.05) is 6.92 Å². The molecule has 0 aliphatic carbocycles. The predicted octanol–water partition coefficient (Wildman–Crippen LogP) is 2.38. The lowest BCUT2D eigenvalue weighted by molar-refractivity contribution is 0.0306. The molecule has 7 nitrogen and oxygen atoms in total. The van der Waals surface area contributed by atoms with Crippen molar-refractivity contribution in [1.29, 1.82) is 0 Å². The van der Waals surface area contributed by atoms with Crippen LogP contribution in [0.2, 0.25) is 0 Å². The van der Waals surface area contributed by atoms with E-state index in [4.69, 9.17) is 5.14 Å². The zero-order valence-electron chi connectivity index (χ0n) is 17.1. The monoisotopic (exact) mass is 526 g/mol. The minimum absolute atomic E-state index is 0. The molecule has 0 saturated carbocycles. The molecule has 28 heavy (non-hydrogen) atoms. The number of hydrogen-bond donors (Lipinski definition) is 4. The summed E-state index contributed by atoms with van der Waals surface area (Å²) in [6.07, 6.45) is 4.03. The van der Waals surface area contributed by atoms with Crippen LogP contribution >= 0.6 is 24.0 Å². The molecule has 0 atom stereocenters. The Bertz CT molecular complexity index is 688. The summed E-state index contributed by atoms with van der Waals surface area (Å²) in [5, 5.41) is 22.3. The number of nitrogens with one attached hydrogen (secondary N) is 2. The highest BCUT2D eigenvalue weighted by atomic mass is 127. The molecular weight excluding hydrogens is 491 g/mol. The van der Waals surface area contributed by atoms with Crippen LogP contribution in [0, 0.1) is 0 Å². The number of aliphatic hydroxyl groups is 1. The first-order valence-corrected chi connectivity index (χ1v) is 11.1. The molecule has 0 spiro atoms. The number of guanidine groups is 1. The van der Waals surface area contributed by atoms with Crippen LogP contribution in [-0.4, -0.2) is 44.7 Å². The summed E-state index contributed by atoms with van der Waals surface area (Å²) >= 11 is 0. The normalized spacial score (nSPS) is 12.4. The Labute approximate surface area is 186 Å². The predicted molar refractivity (Wildman–Crippen MR) is 126 cm³/mol. The van der Waals surface area contributed by atoms with Crippen molar-refractivity contribution >= 4 is 40.0 Å². The quantitative estimate of drug-likeness (QED) is 0.201. The van der Waals surface area contributed by atoms with Gasteiger partial charge in [-0.1, -0.05) is 38.8 Å². The van der Waals surface area contributed by atoms with E-state index in [1.165, 1.54) is 12.1 Å². The molecule has 9 heteroatoms. The Kier molecular flexibility index (Phi) is 12.9. The molecular formula is C19H35IN4O3S. The molecule has 0 aromatic heterocycles. The largest absolute Gasteiger partial charge is 0.388 e. The number of rotatable bonds is 11. The molecule has 162 valence electrons. The molecule has 1 aromatic rings. The van der Waals surface area contributed by atoms with Crippen molar-refractivity contribution in [1.82, 2.24) is 10.6 Å². The Hall–Kier alpha value is -0.910. The lowest BCUT2D eigenvalue weighted by atomic mass is 9.93. The van der Waals surface area contributed by atoms with Gasteiger partial charge in [0.2, 0.25) is 10.0 Å². The number of hydrogen-bond acceptors (Lipinski definition) is 4. The second-order valence-electron chi connectivity index (χ2n) is 6.79. The van der Waals surface area contributed by atoms with Crippen molar-refractivity contribution in [3.63, 3.8) is 0 Å². The van der Waals surface area contributed by atoms with E-state index in [0.717, 1.165) is 37.8 Å². The highest BCUT2D eigenvalue weighted by Gasteiger charge is 2.24. The van der Waals surface area contributed by atoms with Gasteiger partial charge in [0, 0.05) is 13.1 Å². The summed E-state index contributed by atoms with van der Waals surface area (Å²) in [5.74, 6) is 0.671. The minimum Gasteiger partial charge on any atom is -0.388 e. The van der Waals surface area contributed by atoms with E-state index in [2.05, 4.69) is 29.5 Å². The van der Waals surface area contributed by atoms with E-state index < -0.39 is 15.6 Å². The third-order valence-corrected chi connectivity index (χ3v) is 5.19. The van der Waals surface area contributed by atoms with Gasteiger partial charge in [-0.05, 0) is 43.9 Å². The lowest BCUT2D eigenvalue weighted by Gasteiger charge is -2.26. The molecule has 0 bridgehead atoms. The standard InChI is InChI=1S/C19H34N4O3S.HI/c1-4-12-19(24,13-5-2)15-23-18(21-6-3)22-14-11-16-7-9-17(10-8-16)27(20,25)26;/h7-10,24H,4-6,11-15H2,1-3H3,(H2,20,25,26)(H2,21,22,23);1H. The average Bonchev–Trinajstić information content (AvgIpc) is 2.60. The van der Waals surface area contributed by atoms with Crippen LogP contribution in [0.4, 0.5) is 0 Å². The maximum absolute atomic E-state index is 11.3. The lowest BCUT2D eigenvalue weighted by Crippen LogP contribution is -2.40. The molecule has 1 aromatic carbocycles. The van der Waals surface area contributed by atoms with Gasteiger partial charge < -0.3 is 15.7 Å². The molecule has 0 aliphatic heterocycles. The molecule has 0 fully saturated rings. The molecule has 0 saturated heterocycles. The number of aliphatic imine (C=N–C) groups is 1. The van der Waals surface area contributed by atoms with Gasteiger partial charge in [-0.3, -0.25) is 4.99 Å². The summed E-state index contributed by atoms with van der Waals surface area (Å²) in [6, 6.07) is 6.54. The highest BCUT2D eigenvalue weighted by molar-refractivity contribution is 14.0. The Balaban J connectivity index is 0.00000729. The van der Waals surface area contributed by atoms with Crippen LogP contribution in [0.5, 0.6) is 0 Å². The van der Waals surface area contributed by atoms with Gasteiger partial charge in [-0.2, -0.15) is 0 Å². The van der Waals surface area contributed by atoms with Gasteiger partial charge in [0.1, 0.15) is 0 Å². The number of nitrogens with two attached hydrogens (primary N) is 1. The van der Waals surface area contributed by atoms with Crippen molar-refractivity contribution in [3.8, 4) is 0 Å². The van der Waals surface area contributed by atoms with Gasteiger partial charge in [-0.25, -0.2) is 13.6 Å². The average molecular weight is 526 g/mol. The van der Waals surface area contributed by atoms with Gasteiger partial charge >= 0.3 is 0 Å². The van der Waals surface area contributed by atoms with Crippen molar-refractivity contribution < 1.29 is 13.5 Å². The molecule has 0 radical (unpaired) electrons. The van der Waals surface area contributed by atoms with Crippen molar-refractivity contribution in [3.05, 3.63) is 29.8 Å². The number of halogens is 1. The fourth-order valence-corrected chi connectivity index (χ4v) is 3.47. The Morgan fingerprint density at radius 2 is 1.68 bits per heavy atom. The number of sulfonamides is 1. The summed E-state index contributed by atoms with van der Waals surface area (Å²) in [5.41, 5.74) is 0.245. The van der Waals surface area contributed by atoms with Crippen LogP contribution in [0.3, 0.4) is 0 Å². The molecule has 5 N–H and O–H groups in total. The summed E-state index contributed by atoms with van der Waals surface area (Å²) in [7, 11) is -3.66. The number of primary sulfonamides is 1. The maximum atomic E-state index is 11.3. The van der Waals surface area contributed by atoms with Gasteiger partial charge in [0.15, 0.2) is 5.96 Å². The molecule has 0 amide bonds. The fraction of sp³-hybridized carbons (Fsp3) is 0.632. The summed E-state index contributed by atoms with van der Waals surface area (Å²) in [4.78, 5) is 4.66. The van der Waals surface area contributed by atoms with E-state index >= 15 is 0 Å². The highest BCUT2D eigenvalue weighted by Crippen LogP contribution is 2.19. The van der Waals surface area contributed by atoms with Crippen LogP contribution < -0.4 is 15.8 Å². The molecule has 0 heterocycles. The van der Waals surface area contributed by atoms with Gasteiger partial charge in [0.25, 0.3) is 0 Å².